The van der Waals surface area contributed by atoms with Crippen molar-refractivity contribution in [2.75, 3.05) is 13.1 Å². The van der Waals surface area contributed by atoms with E-state index in [0.29, 0.717) is 4.60 Å². The lowest BCUT2D eigenvalue weighted by Crippen LogP contribution is -2.54. The van der Waals surface area contributed by atoms with E-state index in [4.69, 9.17) is 0 Å². The van der Waals surface area contributed by atoms with Crippen LogP contribution in [0.5, 0.6) is 0 Å². The number of nitrogens with zero attached hydrogens (tertiary/aromatic N) is 3. The number of hydrogen-bond donors (Lipinski definition) is 0. The highest BCUT2D eigenvalue weighted by Gasteiger charge is 2.47. The molecule has 0 saturated carbocycles. The van der Waals surface area contributed by atoms with Crippen molar-refractivity contribution in [3.8, 4) is 0 Å². The molecule has 1 fully saturated rings. The highest BCUT2D eigenvalue weighted by Crippen LogP contribution is 2.27. The van der Waals surface area contributed by atoms with Gasteiger partial charge < -0.3 is 4.90 Å². The number of amides is 1. The second-order valence-corrected chi connectivity index (χ2v) is 4.29. The van der Waals surface area contributed by atoms with Gasteiger partial charge in [-0.05, 0) is 22.0 Å². The first kappa shape index (κ1) is 11.4. The van der Waals surface area contributed by atoms with Crippen LogP contribution in [0.3, 0.4) is 0 Å². The summed E-state index contributed by atoms with van der Waals surface area (Å²) >= 11 is 3.14. The summed E-state index contributed by atoms with van der Waals surface area (Å²) < 4.78 is 38.3. The summed E-state index contributed by atoms with van der Waals surface area (Å²) in [6, 6.07) is 1.52. The Kier molecular flexibility index (Phi) is 2.69. The van der Waals surface area contributed by atoms with Crippen LogP contribution in [0.1, 0.15) is 6.04 Å². The Bertz CT molecular complexity index is 411. The molecular weight excluding hydrogens is 291 g/mol. The van der Waals surface area contributed by atoms with Crippen molar-refractivity contribution in [3.05, 3.63) is 16.9 Å². The maximum Gasteiger partial charge on any atom is 0.471 e. The van der Waals surface area contributed by atoms with Gasteiger partial charge in [-0.2, -0.15) is 18.3 Å². The molecule has 2 heterocycles. The van der Waals surface area contributed by atoms with Gasteiger partial charge >= 0.3 is 12.1 Å². The van der Waals surface area contributed by atoms with Crippen molar-refractivity contribution >= 4 is 21.8 Å². The Morgan fingerprint density at radius 2 is 2.12 bits per heavy atom. The van der Waals surface area contributed by atoms with Crippen LogP contribution >= 0.6 is 15.9 Å². The molecule has 0 unspecified atom stereocenters. The van der Waals surface area contributed by atoms with Crippen LogP contribution in [0.15, 0.2) is 16.9 Å². The molecule has 4 nitrogen and oxygen atoms in total. The highest BCUT2D eigenvalue weighted by molar-refractivity contribution is 9.10. The smallest absolute Gasteiger partial charge is 0.330 e. The van der Waals surface area contributed by atoms with Gasteiger partial charge in [0.05, 0.1) is 6.04 Å². The quantitative estimate of drug-likeness (QED) is 0.789. The first-order chi connectivity index (χ1) is 7.38. The fourth-order valence-corrected chi connectivity index (χ4v) is 1.79. The van der Waals surface area contributed by atoms with Crippen LogP contribution in [0.25, 0.3) is 0 Å². The zero-order valence-corrected chi connectivity index (χ0v) is 9.49. The third kappa shape index (κ3) is 2.06. The number of likely N-dealkylation sites (tertiary alicyclic amines) is 1. The van der Waals surface area contributed by atoms with Gasteiger partial charge in [-0.1, -0.05) is 0 Å². The fourth-order valence-electron chi connectivity index (χ4n) is 1.49. The Labute approximate surface area is 97.1 Å². The van der Waals surface area contributed by atoms with E-state index in [-0.39, 0.29) is 19.1 Å². The fraction of sp³-hybridized carbons (Fsp3) is 0.500. The van der Waals surface area contributed by atoms with E-state index in [9.17, 15) is 18.0 Å². The molecule has 88 valence electrons. The first-order valence-electron chi connectivity index (χ1n) is 4.44. The number of carbonyl (C=O) groups is 1. The maximum absolute atomic E-state index is 12.0. The number of rotatable bonds is 1. The van der Waals surface area contributed by atoms with Crippen LogP contribution < -0.4 is 0 Å². The Balaban J connectivity index is 1.93. The van der Waals surface area contributed by atoms with Crippen molar-refractivity contribution in [2.24, 2.45) is 0 Å². The van der Waals surface area contributed by atoms with Crippen molar-refractivity contribution in [3.63, 3.8) is 0 Å². The van der Waals surface area contributed by atoms with Crippen LogP contribution in [0.4, 0.5) is 13.2 Å². The van der Waals surface area contributed by atoms with E-state index in [1.807, 2.05) is 0 Å². The third-order valence-corrected chi connectivity index (χ3v) is 2.76. The summed E-state index contributed by atoms with van der Waals surface area (Å²) in [5.41, 5.74) is 0. The predicted molar refractivity (Wildman–Crippen MR) is 51.6 cm³/mol. The molecule has 0 radical (unpaired) electrons. The predicted octanol–water partition coefficient (Wildman–Crippen LogP) is 1.59. The summed E-state index contributed by atoms with van der Waals surface area (Å²) in [7, 11) is 0. The zero-order chi connectivity index (χ0) is 11.9. The molecule has 0 bridgehead atoms. The average Bonchev–Trinajstić information content (AvgIpc) is 2.47. The summed E-state index contributed by atoms with van der Waals surface area (Å²) in [6.07, 6.45) is -3.13. The minimum Gasteiger partial charge on any atom is -0.330 e. The molecule has 0 aromatic carbocycles. The van der Waals surface area contributed by atoms with Crippen LogP contribution in [-0.2, 0) is 4.79 Å². The number of hydrogen-bond acceptors (Lipinski definition) is 2. The van der Waals surface area contributed by atoms with E-state index in [0.717, 1.165) is 4.90 Å². The second kappa shape index (κ2) is 3.76. The summed E-state index contributed by atoms with van der Waals surface area (Å²) in [5, 5.41) is 4.00. The van der Waals surface area contributed by atoms with E-state index < -0.39 is 12.1 Å². The second-order valence-electron chi connectivity index (χ2n) is 3.48. The van der Waals surface area contributed by atoms with Crippen molar-refractivity contribution in [2.45, 2.75) is 12.2 Å². The van der Waals surface area contributed by atoms with Gasteiger partial charge in [0, 0.05) is 19.3 Å². The summed E-state index contributed by atoms with van der Waals surface area (Å²) in [5.74, 6) is -1.78. The largest absolute Gasteiger partial charge is 0.471 e. The number of halogens is 4. The number of aromatic nitrogens is 2. The normalized spacial score (nSPS) is 17.4. The monoisotopic (exact) mass is 297 g/mol. The molecular formula is C8H7BrF3N3O. The topological polar surface area (TPSA) is 38.1 Å². The Morgan fingerprint density at radius 1 is 1.50 bits per heavy atom. The molecule has 0 atom stereocenters. The lowest BCUT2D eigenvalue weighted by Gasteiger charge is -2.39. The van der Waals surface area contributed by atoms with E-state index in [1.165, 1.54) is 0 Å². The Hall–Kier alpha value is -1.05. The van der Waals surface area contributed by atoms with Crippen LogP contribution in [-0.4, -0.2) is 39.9 Å². The Morgan fingerprint density at radius 3 is 2.56 bits per heavy atom. The van der Waals surface area contributed by atoms with Gasteiger partial charge in [0.25, 0.3) is 0 Å². The minimum absolute atomic E-state index is 0.0481. The zero-order valence-electron chi connectivity index (χ0n) is 7.91. The van der Waals surface area contributed by atoms with Crippen molar-refractivity contribution < 1.29 is 18.0 Å². The van der Waals surface area contributed by atoms with Crippen LogP contribution in [0.2, 0.25) is 0 Å². The van der Waals surface area contributed by atoms with E-state index >= 15 is 0 Å². The van der Waals surface area contributed by atoms with Crippen molar-refractivity contribution in [1.82, 2.24) is 14.7 Å². The SMILES string of the molecule is O=C(N1CC(n2ccc(Br)n2)C1)C(F)(F)F. The number of carbonyl (C=O) groups excluding carboxylic acids is 1. The molecule has 0 N–H and O–H groups in total. The van der Waals surface area contributed by atoms with Crippen molar-refractivity contribution in [1.29, 1.82) is 0 Å². The van der Waals surface area contributed by atoms with Gasteiger partial charge in [-0.3, -0.25) is 9.48 Å². The third-order valence-electron chi connectivity index (χ3n) is 2.34. The average molecular weight is 298 g/mol. The van der Waals surface area contributed by atoms with Gasteiger partial charge in [-0.25, -0.2) is 0 Å². The lowest BCUT2D eigenvalue weighted by molar-refractivity contribution is -0.191. The molecule has 1 amide bonds. The molecule has 1 aliphatic heterocycles. The molecule has 1 aliphatic rings. The van der Waals surface area contributed by atoms with Crippen LogP contribution in [0, 0.1) is 0 Å². The minimum atomic E-state index is -4.78. The lowest BCUT2D eigenvalue weighted by atomic mass is 10.1. The molecule has 0 spiro atoms. The van der Waals surface area contributed by atoms with Gasteiger partial charge in [-0.15, -0.1) is 0 Å². The van der Waals surface area contributed by atoms with E-state index in [1.54, 1.807) is 16.9 Å². The molecule has 1 aromatic rings. The van der Waals surface area contributed by atoms with E-state index in [2.05, 4.69) is 21.0 Å². The standard InChI is InChI=1S/C8H7BrF3N3O/c9-6-1-2-15(13-6)5-3-14(4-5)7(16)8(10,11)12/h1-2,5H,3-4H2. The van der Waals surface area contributed by atoms with Gasteiger partial charge in [0.2, 0.25) is 0 Å². The van der Waals surface area contributed by atoms with Gasteiger partial charge in [0.15, 0.2) is 0 Å². The highest BCUT2D eigenvalue weighted by atomic mass is 79.9. The van der Waals surface area contributed by atoms with Gasteiger partial charge in [0.1, 0.15) is 4.60 Å². The number of alkyl halides is 3. The summed E-state index contributed by atoms with van der Waals surface area (Å²) in [6.45, 7) is 0.0962. The molecule has 0 aliphatic carbocycles. The molecule has 16 heavy (non-hydrogen) atoms. The first-order valence-corrected chi connectivity index (χ1v) is 5.24. The summed E-state index contributed by atoms with van der Waals surface area (Å²) in [4.78, 5) is 11.6. The maximum atomic E-state index is 12.0. The molecule has 1 aromatic heterocycles. The molecule has 1 saturated heterocycles. The molecule has 2 rings (SSSR count). The molecule has 8 heteroatoms.